The maximum atomic E-state index is 12.8. The summed E-state index contributed by atoms with van der Waals surface area (Å²) in [6.45, 7) is 2.07. The number of benzene rings is 1. The van der Waals surface area contributed by atoms with Gasteiger partial charge in [0.15, 0.2) is 0 Å². The minimum Gasteiger partial charge on any atom is -0.390 e. The number of ether oxygens (including phenoxy) is 1. The Bertz CT molecular complexity index is 483. The van der Waals surface area contributed by atoms with Crippen molar-refractivity contribution in [1.82, 2.24) is 5.32 Å². The number of nitrogens with two attached hydrogens (primary N) is 1. The molecule has 0 amide bonds. The summed E-state index contributed by atoms with van der Waals surface area (Å²) in [5.41, 5.74) is 6.82. The lowest BCUT2D eigenvalue weighted by atomic mass is 10.0. The summed E-state index contributed by atoms with van der Waals surface area (Å²) in [7, 11) is 0. The van der Waals surface area contributed by atoms with Crippen molar-refractivity contribution in [2.75, 3.05) is 13.2 Å². The first kappa shape index (κ1) is 21.3. The molecule has 5 heteroatoms. The Hall–Kier alpha value is -1.01. The fraction of sp³-hybridized carbons (Fsp3) is 0.714. The monoisotopic (exact) mass is 366 g/mol. The van der Waals surface area contributed by atoms with Crippen LogP contribution in [0.4, 0.5) is 4.39 Å². The van der Waals surface area contributed by atoms with Gasteiger partial charge in [-0.15, -0.1) is 0 Å². The van der Waals surface area contributed by atoms with Gasteiger partial charge in [-0.1, -0.05) is 57.1 Å². The van der Waals surface area contributed by atoms with Crippen molar-refractivity contribution in [2.24, 2.45) is 5.73 Å². The molecule has 2 rings (SSSR count). The molecule has 0 spiro atoms. The Morgan fingerprint density at radius 3 is 2.23 bits per heavy atom. The fourth-order valence-corrected chi connectivity index (χ4v) is 3.50. The molecule has 1 aromatic rings. The summed E-state index contributed by atoms with van der Waals surface area (Å²) in [5.74, 6) is -0.203. The molecule has 1 aliphatic rings. The van der Waals surface area contributed by atoms with Crippen molar-refractivity contribution in [3.05, 3.63) is 35.6 Å². The summed E-state index contributed by atoms with van der Waals surface area (Å²) in [6.07, 6.45) is 10.5. The third kappa shape index (κ3) is 8.12. The van der Waals surface area contributed by atoms with E-state index in [0.29, 0.717) is 6.61 Å². The highest BCUT2D eigenvalue weighted by atomic mass is 19.1. The molecule has 1 heterocycles. The van der Waals surface area contributed by atoms with E-state index in [2.05, 4.69) is 5.32 Å². The van der Waals surface area contributed by atoms with Crippen molar-refractivity contribution in [3.8, 4) is 0 Å². The van der Waals surface area contributed by atoms with Crippen LogP contribution < -0.4 is 11.1 Å². The van der Waals surface area contributed by atoms with Crippen LogP contribution in [0, 0.1) is 5.82 Å². The number of unbranched alkanes of at least 4 members (excludes halogenated alkanes) is 7. The van der Waals surface area contributed by atoms with Crippen molar-refractivity contribution in [1.29, 1.82) is 0 Å². The smallest absolute Gasteiger partial charge is 0.123 e. The SMILES string of the molecule is N[C@H]1CN[C@H](CCCCCCCCCCOCc2ccc(F)cc2)[C@H]1O. The van der Waals surface area contributed by atoms with Gasteiger partial charge in [-0.25, -0.2) is 4.39 Å². The van der Waals surface area contributed by atoms with Crippen LogP contribution >= 0.6 is 0 Å². The van der Waals surface area contributed by atoms with Crippen LogP contribution in [-0.4, -0.2) is 36.4 Å². The number of hydrogen-bond donors (Lipinski definition) is 3. The Morgan fingerprint density at radius 2 is 1.62 bits per heavy atom. The number of hydrogen-bond acceptors (Lipinski definition) is 4. The van der Waals surface area contributed by atoms with E-state index in [4.69, 9.17) is 10.5 Å². The lowest BCUT2D eigenvalue weighted by Gasteiger charge is -2.16. The van der Waals surface area contributed by atoms with Gasteiger partial charge in [-0.2, -0.15) is 0 Å². The minimum absolute atomic E-state index is 0.0975. The third-order valence-corrected chi connectivity index (χ3v) is 5.20. The average molecular weight is 367 g/mol. The standard InChI is InChI=1S/C21H35FN2O2/c22-18-12-10-17(11-13-18)16-26-14-8-6-4-2-1-3-5-7-9-20-21(25)19(23)15-24-20/h10-13,19-21,24-25H,1-9,14-16,23H2/t19-,20+,21-/m0/s1. The molecule has 0 aromatic heterocycles. The molecule has 26 heavy (non-hydrogen) atoms. The van der Waals surface area contributed by atoms with Crippen molar-refractivity contribution < 1.29 is 14.2 Å². The van der Waals surface area contributed by atoms with Crippen LogP contribution in [0.5, 0.6) is 0 Å². The summed E-state index contributed by atoms with van der Waals surface area (Å²) in [4.78, 5) is 0. The molecule has 1 saturated heterocycles. The second-order valence-corrected chi connectivity index (χ2v) is 7.47. The number of nitrogens with one attached hydrogen (secondary N) is 1. The zero-order chi connectivity index (χ0) is 18.6. The first-order valence-electron chi connectivity index (χ1n) is 10.2. The molecule has 0 bridgehead atoms. The van der Waals surface area contributed by atoms with Gasteiger partial charge in [0.25, 0.3) is 0 Å². The van der Waals surface area contributed by atoms with Crippen molar-refractivity contribution >= 4 is 0 Å². The van der Waals surface area contributed by atoms with Crippen LogP contribution in [0.3, 0.4) is 0 Å². The predicted octanol–water partition coefficient (Wildman–Crippen LogP) is 3.51. The largest absolute Gasteiger partial charge is 0.390 e. The first-order chi connectivity index (χ1) is 12.7. The number of halogens is 1. The van der Waals surface area contributed by atoms with Crippen LogP contribution in [0.1, 0.15) is 63.4 Å². The Kier molecular flexibility index (Phi) is 10.1. The van der Waals surface area contributed by atoms with E-state index in [1.165, 1.54) is 57.1 Å². The van der Waals surface area contributed by atoms with E-state index in [-0.39, 0.29) is 24.0 Å². The zero-order valence-corrected chi connectivity index (χ0v) is 15.8. The Morgan fingerprint density at radius 1 is 1.00 bits per heavy atom. The molecular formula is C21H35FN2O2. The maximum Gasteiger partial charge on any atom is 0.123 e. The number of aliphatic hydroxyl groups excluding tert-OH is 1. The van der Waals surface area contributed by atoms with Crippen molar-refractivity contribution in [3.63, 3.8) is 0 Å². The summed E-state index contributed by atoms with van der Waals surface area (Å²) < 4.78 is 18.4. The van der Waals surface area contributed by atoms with E-state index in [1.807, 2.05) is 0 Å². The molecule has 0 aliphatic carbocycles. The normalized spacial score (nSPS) is 22.8. The highest BCUT2D eigenvalue weighted by molar-refractivity contribution is 5.14. The minimum atomic E-state index is -0.375. The van der Waals surface area contributed by atoms with Gasteiger partial charge in [0.2, 0.25) is 0 Å². The quantitative estimate of drug-likeness (QED) is 0.467. The highest BCUT2D eigenvalue weighted by Crippen LogP contribution is 2.15. The van der Waals surface area contributed by atoms with Gasteiger partial charge in [0.1, 0.15) is 5.82 Å². The zero-order valence-electron chi connectivity index (χ0n) is 15.8. The number of aliphatic hydroxyl groups is 1. The highest BCUT2D eigenvalue weighted by Gasteiger charge is 2.30. The predicted molar refractivity (Wildman–Crippen MR) is 103 cm³/mol. The summed E-state index contributed by atoms with van der Waals surface area (Å²) in [5, 5.41) is 13.2. The molecule has 1 aromatic carbocycles. The average Bonchev–Trinajstić information content (AvgIpc) is 2.96. The van der Waals surface area contributed by atoms with Gasteiger partial charge < -0.3 is 20.9 Å². The van der Waals surface area contributed by atoms with Crippen LogP contribution in [0.15, 0.2) is 24.3 Å². The van der Waals surface area contributed by atoms with Gasteiger partial charge >= 0.3 is 0 Å². The van der Waals surface area contributed by atoms with Gasteiger partial charge in [0, 0.05) is 25.2 Å². The molecule has 0 saturated carbocycles. The molecule has 0 unspecified atom stereocenters. The van der Waals surface area contributed by atoms with E-state index in [9.17, 15) is 9.50 Å². The van der Waals surface area contributed by atoms with Crippen LogP contribution in [0.25, 0.3) is 0 Å². The van der Waals surface area contributed by atoms with Crippen LogP contribution in [0.2, 0.25) is 0 Å². The van der Waals surface area contributed by atoms with Crippen molar-refractivity contribution in [2.45, 2.75) is 82.6 Å². The molecule has 1 fully saturated rings. The summed E-state index contributed by atoms with van der Waals surface area (Å²) >= 11 is 0. The van der Waals surface area contributed by atoms with Gasteiger partial charge in [0.05, 0.1) is 12.7 Å². The van der Waals surface area contributed by atoms with E-state index in [0.717, 1.165) is 31.6 Å². The molecule has 4 nitrogen and oxygen atoms in total. The second kappa shape index (κ2) is 12.4. The molecule has 1 aliphatic heterocycles. The van der Waals surface area contributed by atoms with E-state index >= 15 is 0 Å². The molecular weight excluding hydrogens is 331 g/mol. The van der Waals surface area contributed by atoms with E-state index in [1.54, 1.807) is 12.1 Å². The third-order valence-electron chi connectivity index (χ3n) is 5.20. The van der Waals surface area contributed by atoms with E-state index < -0.39 is 0 Å². The Labute approximate surface area is 157 Å². The second-order valence-electron chi connectivity index (χ2n) is 7.47. The molecule has 3 atom stereocenters. The van der Waals surface area contributed by atoms with Crippen LogP contribution in [-0.2, 0) is 11.3 Å². The van der Waals surface area contributed by atoms with Gasteiger partial charge in [-0.05, 0) is 30.5 Å². The summed E-state index contributed by atoms with van der Waals surface area (Å²) in [6, 6.07) is 6.58. The van der Waals surface area contributed by atoms with Gasteiger partial charge in [-0.3, -0.25) is 0 Å². The fourth-order valence-electron chi connectivity index (χ4n) is 3.50. The topological polar surface area (TPSA) is 67.5 Å². The number of rotatable bonds is 13. The Balaban J connectivity index is 1.32. The lowest BCUT2D eigenvalue weighted by Crippen LogP contribution is -2.37. The molecule has 0 radical (unpaired) electrons. The molecule has 4 N–H and O–H groups in total. The lowest BCUT2D eigenvalue weighted by molar-refractivity contribution is 0.116. The maximum absolute atomic E-state index is 12.8. The first-order valence-corrected chi connectivity index (χ1v) is 10.2. The molecule has 148 valence electrons.